The highest BCUT2D eigenvalue weighted by atomic mass is 16.6. The average molecular weight is 489 g/mol. The number of benzene rings is 1. The van der Waals surface area contributed by atoms with Crippen LogP contribution in [0.4, 0.5) is 5.69 Å². The number of amides is 1. The van der Waals surface area contributed by atoms with Gasteiger partial charge in [0.2, 0.25) is 5.91 Å². The summed E-state index contributed by atoms with van der Waals surface area (Å²) < 4.78 is 37.1. The Hall–Kier alpha value is -2.48. The third-order valence-corrected chi connectivity index (χ3v) is 3.89. The van der Waals surface area contributed by atoms with Gasteiger partial charge in [0, 0.05) is 12.2 Å². The number of rotatable bonds is 23. The van der Waals surface area contributed by atoms with Crippen LogP contribution in [0.25, 0.3) is 0 Å². The molecule has 0 saturated carbocycles. The first-order valence-electron chi connectivity index (χ1n) is 11.0. The summed E-state index contributed by atoms with van der Waals surface area (Å²) >= 11 is 0. The minimum Gasteiger partial charge on any atom is -0.491 e. The van der Waals surface area contributed by atoms with E-state index in [1.54, 1.807) is 12.1 Å². The van der Waals surface area contributed by atoms with Crippen molar-refractivity contribution in [3.05, 3.63) is 24.3 Å². The summed E-state index contributed by atoms with van der Waals surface area (Å²) in [5.41, 5.74) is 6.31. The first-order valence-corrected chi connectivity index (χ1v) is 11.0. The van der Waals surface area contributed by atoms with E-state index in [1.165, 1.54) is 0 Å². The lowest BCUT2D eigenvalue weighted by Gasteiger charge is -2.09. The highest BCUT2D eigenvalue weighted by Gasteiger charge is 2.03. The Morgan fingerprint density at radius 2 is 1.15 bits per heavy atom. The van der Waals surface area contributed by atoms with Crippen molar-refractivity contribution >= 4 is 17.6 Å². The van der Waals surface area contributed by atoms with E-state index >= 15 is 0 Å². The van der Waals surface area contributed by atoms with Crippen LogP contribution in [0, 0.1) is 0 Å². The minimum atomic E-state index is -1.12. The van der Waals surface area contributed by atoms with Crippen molar-refractivity contribution in [2.24, 2.45) is 0 Å². The van der Waals surface area contributed by atoms with E-state index in [2.05, 4.69) is 10.1 Å². The zero-order valence-electron chi connectivity index (χ0n) is 19.4. The van der Waals surface area contributed by atoms with Crippen LogP contribution in [0.3, 0.4) is 0 Å². The zero-order valence-corrected chi connectivity index (χ0v) is 19.4. The molecule has 194 valence electrons. The highest BCUT2D eigenvalue weighted by Crippen LogP contribution is 2.12. The van der Waals surface area contributed by atoms with Gasteiger partial charge in [0.05, 0.1) is 66.1 Å². The first kappa shape index (κ1) is 29.6. The fourth-order valence-electron chi connectivity index (χ4n) is 2.31. The van der Waals surface area contributed by atoms with Crippen LogP contribution in [0.1, 0.15) is 0 Å². The Morgan fingerprint density at radius 1 is 0.676 bits per heavy atom. The summed E-state index contributed by atoms with van der Waals surface area (Å²) in [6.07, 6.45) is 0. The molecule has 1 aromatic carbocycles. The fourth-order valence-corrected chi connectivity index (χ4v) is 2.31. The molecule has 0 heterocycles. The van der Waals surface area contributed by atoms with E-state index in [0.29, 0.717) is 84.9 Å². The summed E-state index contributed by atoms with van der Waals surface area (Å²) in [6, 6.07) is 7.20. The van der Waals surface area contributed by atoms with Crippen molar-refractivity contribution < 1.29 is 47.9 Å². The Balaban J connectivity index is 1.71. The Morgan fingerprint density at radius 3 is 1.65 bits per heavy atom. The van der Waals surface area contributed by atoms with Gasteiger partial charge in [-0.25, -0.2) is 4.79 Å². The number of carbonyl (C=O) groups excluding carboxylic acids is 1. The Bertz CT molecular complexity index is 645. The predicted molar refractivity (Wildman–Crippen MR) is 122 cm³/mol. The molecule has 12 nitrogen and oxygen atoms in total. The van der Waals surface area contributed by atoms with Crippen molar-refractivity contribution in [3.63, 3.8) is 0 Å². The zero-order chi connectivity index (χ0) is 24.7. The smallest absolute Gasteiger partial charge is 0.329 e. The van der Waals surface area contributed by atoms with Gasteiger partial charge in [0.25, 0.3) is 0 Å². The second-order valence-electron chi connectivity index (χ2n) is 6.72. The van der Waals surface area contributed by atoms with Gasteiger partial charge >= 0.3 is 5.97 Å². The predicted octanol–water partition coefficient (Wildman–Crippen LogP) is -0.0520. The molecule has 0 bridgehead atoms. The number of nitrogens with two attached hydrogens (primary N) is 1. The monoisotopic (exact) mass is 488 g/mol. The number of carboxylic acid groups (broad SMARTS) is 1. The maximum atomic E-state index is 11.3. The molecule has 0 saturated heterocycles. The lowest BCUT2D eigenvalue weighted by Crippen LogP contribution is -2.31. The standard InChI is InChI=1S/C22H36N2O10/c23-19-1-3-20(4-2-19)34-16-15-32-14-13-31-12-11-30-10-9-29-8-7-28-6-5-24-21(25)17-33-18-22(26)27/h1-4H,5-18,23H2,(H,24,25)(H,26,27). The molecule has 0 fully saturated rings. The maximum Gasteiger partial charge on any atom is 0.329 e. The number of anilines is 1. The van der Waals surface area contributed by atoms with Crippen molar-refractivity contribution in [2.45, 2.75) is 0 Å². The molecule has 0 aliphatic heterocycles. The molecule has 0 aliphatic rings. The van der Waals surface area contributed by atoms with E-state index in [0.717, 1.165) is 5.75 Å². The van der Waals surface area contributed by atoms with Crippen molar-refractivity contribution in [1.29, 1.82) is 0 Å². The number of hydrogen-bond donors (Lipinski definition) is 3. The summed E-state index contributed by atoms with van der Waals surface area (Å²) in [5, 5.41) is 10.9. The van der Waals surface area contributed by atoms with Crippen LogP contribution in [-0.4, -0.2) is 109 Å². The Labute approximate surface area is 199 Å². The molecule has 34 heavy (non-hydrogen) atoms. The van der Waals surface area contributed by atoms with Crippen molar-refractivity contribution in [2.75, 3.05) is 98.2 Å². The fraction of sp³-hybridized carbons (Fsp3) is 0.636. The van der Waals surface area contributed by atoms with Gasteiger partial charge in [0.15, 0.2) is 0 Å². The molecular weight excluding hydrogens is 452 g/mol. The normalized spacial score (nSPS) is 10.8. The quantitative estimate of drug-likeness (QED) is 0.140. The van der Waals surface area contributed by atoms with Gasteiger partial charge in [-0.15, -0.1) is 0 Å². The first-order chi connectivity index (χ1) is 16.6. The number of aliphatic carboxylic acids is 1. The van der Waals surface area contributed by atoms with E-state index in [-0.39, 0.29) is 6.61 Å². The van der Waals surface area contributed by atoms with Gasteiger partial charge in [-0.2, -0.15) is 0 Å². The number of ether oxygens (including phenoxy) is 7. The molecule has 1 aromatic rings. The van der Waals surface area contributed by atoms with Gasteiger partial charge in [-0.3, -0.25) is 4.79 Å². The molecule has 0 aliphatic carbocycles. The van der Waals surface area contributed by atoms with Crippen molar-refractivity contribution in [1.82, 2.24) is 5.32 Å². The second kappa shape index (κ2) is 21.1. The topological polar surface area (TPSA) is 157 Å². The van der Waals surface area contributed by atoms with Crippen LogP contribution in [0.15, 0.2) is 24.3 Å². The number of hydrogen-bond acceptors (Lipinski definition) is 10. The van der Waals surface area contributed by atoms with E-state index in [9.17, 15) is 9.59 Å². The van der Waals surface area contributed by atoms with E-state index < -0.39 is 18.5 Å². The van der Waals surface area contributed by atoms with Crippen LogP contribution in [-0.2, 0) is 38.0 Å². The number of nitrogens with one attached hydrogen (secondary N) is 1. The van der Waals surface area contributed by atoms with Crippen LogP contribution in [0.5, 0.6) is 5.75 Å². The molecule has 0 unspecified atom stereocenters. The molecule has 1 amide bonds. The third kappa shape index (κ3) is 19.0. The molecule has 0 atom stereocenters. The largest absolute Gasteiger partial charge is 0.491 e. The second-order valence-corrected chi connectivity index (χ2v) is 6.72. The minimum absolute atomic E-state index is 0.296. The van der Waals surface area contributed by atoms with Gasteiger partial charge in [-0.1, -0.05) is 0 Å². The lowest BCUT2D eigenvalue weighted by atomic mass is 10.3. The lowest BCUT2D eigenvalue weighted by molar-refractivity contribution is -0.143. The van der Waals surface area contributed by atoms with Gasteiger partial charge in [-0.05, 0) is 24.3 Å². The number of carbonyl (C=O) groups is 2. The molecular formula is C22H36N2O10. The summed E-state index contributed by atoms with van der Waals surface area (Å²) in [6.45, 7) is 4.36. The Kier molecular flexibility index (Phi) is 18.3. The molecule has 1 rings (SSSR count). The number of nitrogen functional groups attached to an aromatic ring is 1. The molecule has 12 heteroatoms. The highest BCUT2D eigenvalue weighted by molar-refractivity contribution is 5.77. The van der Waals surface area contributed by atoms with Gasteiger partial charge in [0.1, 0.15) is 25.6 Å². The summed E-state index contributed by atoms with van der Waals surface area (Å²) in [5.74, 6) is -0.758. The number of carboxylic acids is 1. The molecule has 0 aromatic heterocycles. The summed E-state index contributed by atoms with van der Waals surface area (Å²) in [7, 11) is 0. The molecule has 0 spiro atoms. The van der Waals surface area contributed by atoms with E-state index in [4.69, 9.17) is 39.3 Å². The average Bonchev–Trinajstić information content (AvgIpc) is 2.81. The third-order valence-electron chi connectivity index (χ3n) is 3.89. The van der Waals surface area contributed by atoms with Crippen LogP contribution >= 0.6 is 0 Å². The van der Waals surface area contributed by atoms with Gasteiger partial charge < -0.3 is 49.3 Å². The van der Waals surface area contributed by atoms with Crippen LogP contribution < -0.4 is 15.8 Å². The van der Waals surface area contributed by atoms with E-state index in [1.807, 2.05) is 12.1 Å². The van der Waals surface area contributed by atoms with Crippen molar-refractivity contribution in [3.8, 4) is 5.75 Å². The SMILES string of the molecule is Nc1ccc(OCCOCCOCCOCCOCCOCCNC(=O)COCC(=O)O)cc1. The molecule has 4 N–H and O–H groups in total. The summed E-state index contributed by atoms with van der Waals surface area (Å²) in [4.78, 5) is 21.5. The maximum absolute atomic E-state index is 11.3. The van der Waals surface area contributed by atoms with Crippen LogP contribution in [0.2, 0.25) is 0 Å². The molecule has 0 radical (unpaired) electrons.